The molecule has 0 saturated carbocycles. The van der Waals surface area contributed by atoms with Gasteiger partial charge in [-0.3, -0.25) is 9.97 Å². The van der Waals surface area contributed by atoms with Crippen LogP contribution in [0.15, 0.2) is 183 Å². The second kappa shape index (κ2) is 14.0. The third-order valence-electron chi connectivity index (χ3n) is 9.75. The van der Waals surface area contributed by atoms with Crippen LogP contribution in [0.1, 0.15) is 0 Å². The van der Waals surface area contributed by atoms with Gasteiger partial charge in [0.15, 0.2) is 11.6 Å². The highest BCUT2D eigenvalue weighted by Crippen LogP contribution is 2.39. The molecule has 0 N–H and O–H groups in total. The Morgan fingerprint density at radius 3 is 1.42 bits per heavy atom. The van der Waals surface area contributed by atoms with Crippen LogP contribution < -0.4 is 0 Å². The zero-order valence-electron chi connectivity index (χ0n) is 29.4. The fourth-order valence-electron chi connectivity index (χ4n) is 6.89. The Morgan fingerprint density at radius 2 is 0.855 bits per heavy atom. The first-order valence-corrected chi connectivity index (χ1v) is 18.8. The van der Waals surface area contributed by atoms with E-state index in [1.165, 1.54) is 4.70 Å². The summed E-state index contributed by atoms with van der Waals surface area (Å²) in [5.74, 6) is 1.32. The number of rotatable bonds is 7. The van der Waals surface area contributed by atoms with Crippen molar-refractivity contribution in [1.82, 2.24) is 29.9 Å². The van der Waals surface area contributed by atoms with Gasteiger partial charge < -0.3 is 0 Å². The van der Waals surface area contributed by atoms with Crippen LogP contribution in [-0.4, -0.2) is 29.9 Å². The van der Waals surface area contributed by atoms with E-state index in [1.807, 2.05) is 30.6 Å². The molecule has 5 heterocycles. The molecule has 5 aromatic heterocycles. The highest BCUT2D eigenvalue weighted by molar-refractivity contribution is 7.26. The Kier molecular flexibility index (Phi) is 8.24. The molecular weight excluding hydrogens is 693 g/mol. The van der Waals surface area contributed by atoms with Crippen molar-refractivity contribution in [2.24, 2.45) is 0 Å². The Bertz CT molecular complexity index is 2830. The molecule has 10 aromatic rings. The minimum Gasteiger partial charge on any atom is -0.264 e. The first kappa shape index (κ1) is 32.4. The maximum absolute atomic E-state index is 5.16. The quantitative estimate of drug-likeness (QED) is 0.163. The van der Waals surface area contributed by atoms with E-state index in [4.69, 9.17) is 19.9 Å². The summed E-state index contributed by atoms with van der Waals surface area (Å²) in [5.41, 5.74) is 12.8. The smallest absolute Gasteiger partial charge is 0.160 e. The van der Waals surface area contributed by atoms with E-state index in [0.29, 0.717) is 11.6 Å². The summed E-state index contributed by atoms with van der Waals surface area (Å²) in [5, 5.41) is 1.14. The van der Waals surface area contributed by atoms with Gasteiger partial charge in [-0.1, -0.05) is 133 Å². The second-order valence-corrected chi connectivity index (χ2v) is 14.3. The van der Waals surface area contributed by atoms with Crippen molar-refractivity contribution in [3.05, 3.63) is 183 Å². The van der Waals surface area contributed by atoms with Gasteiger partial charge in [-0.2, -0.15) is 0 Å². The average Bonchev–Trinajstić information content (AvgIpc) is 3.66. The Labute approximate surface area is 321 Å². The Hall–Kier alpha value is -7.22. The van der Waals surface area contributed by atoms with Crippen LogP contribution in [0.4, 0.5) is 0 Å². The normalized spacial score (nSPS) is 11.3. The van der Waals surface area contributed by atoms with Gasteiger partial charge >= 0.3 is 0 Å². The fourth-order valence-corrected chi connectivity index (χ4v) is 8.04. The maximum Gasteiger partial charge on any atom is 0.160 e. The van der Waals surface area contributed by atoms with Crippen molar-refractivity contribution in [1.29, 1.82) is 0 Å². The number of fused-ring (bicyclic) bond motifs is 3. The molecule has 0 aliphatic heterocycles. The SMILES string of the molecule is c1ccc(-c2nc(-c3ccc(-c4nc(-c5ccc(-c6cccnc6)cc5)cc(-c5ccc(-c6cccnc6)cc5)n4)cc3)nc3c2sc2ccccc23)cc1. The van der Waals surface area contributed by atoms with Crippen LogP contribution in [0.3, 0.4) is 0 Å². The Balaban J connectivity index is 1.06. The van der Waals surface area contributed by atoms with Crippen molar-refractivity contribution in [2.45, 2.75) is 0 Å². The predicted octanol–water partition coefficient (Wildman–Crippen LogP) is 12.1. The highest BCUT2D eigenvalue weighted by Gasteiger charge is 2.17. The Morgan fingerprint density at radius 1 is 0.364 bits per heavy atom. The molecule has 0 aliphatic rings. The van der Waals surface area contributed by atoms with Crippen molar-refractivity contribution in [3.8, 4) is 78.8 Å². The molecule has 6 nitrogen and oxygen atoms in total. The average molecular weight is 723 g/mol. The summed E-state index contributed by atoms with van der Waals surface area (Å²) in [6.07, 6.45) is 7.33. The lowest BCUT2D eigenvalue weighted by atomic mass is 10.0. The van der Waals surface area contributed by atoms with Gasteiger partial charge in [0.25, 0.3) is 0 Å². The predicted molar refractivity (Wildman–Crippen MR) is 224 cm³/mol. The van der Waals surface area contributed by atoms with Gasteiger partial charge in [0, 0.05) is 62.7 Å². The third kappa shape index (κ3) is 6.33. The minimum atomic E-state index is 0.636. The summed E-state index contributed by atoms with van der Waals surface area (Å²) in [4.78, 5) is 29.2. The number of thiophene rings is 1. The summed E-state index contributed by atoms with van der Waals surface area (Å²) in [7, 11) is 0. The van der Waals surface area contributed by atoms with Crippen molar-refractivity contribution >= 4 is 31.6 Å². The van der Waals surface area contributed by atoms with Crippen LogP contribution in [-0.2, 0) is 0 Å². The zero-order valence-corrected chi connectivity index (χ0v) is 30.2. The van der Waals surface area contributed by atoms with Crippen LogP contribution in [0.2, 0.25) is 0 Å². The van der Waals surface area contributed by atoms with E-state index in [1.54, 1.807) is 23.7 Å². The maximum atomic E-state index is 5.16. The molecule has 0 atom stereocenters. The van der Waals surface area contributed by atoms with Crippen LogP contribution in [0, 0.1) is 0 Å². The highest BCUT2D eigenvalue weighted by atomic mass is 32.1. The third-order valence-corrected chi connectivity index (χ3v) is 10.9. The molecule has 5 aromatic carbocycles. The summed E-state index contributed by atoms with van der Waals surface area (Å²) in [6.45, 7) is 0. The largest absolute Gasteiger partial charge is 0.264 e. The molecule has 10 rings (SSSR count). The fraction of sp³-hybridized carbons (Fsp3) is 0. The van der Waals surface area contributed by atoms with Crippen molar-refractivity contribution in [3.63, 3.8) is 0 Å². The first-order chi connectivity index (χ1) is 27.2. The molecule has 0 unspecified atom stereocenters. The molecule has 0 bridgehead atoms. The van der Waals surface area contributed by atoms with E-state index in [-0.39, 0.29) is 0 Å². The van der Waals surface area contributed by atoms with Crippen molar-refractivity contribution in [2.75, 3.05) is 0 Å². The van der Waals surface area contributed by atoms with E-state index in [0.717, 1.165) is 82.8 Å². The topological polar surface area (TPSA) is 77.3 Å². The molecule has 258 valence electrons. The summed E-state index contributed by atoms with van der Waals surface area (Å²) >= 11 is 1.74. The van der Waals surface area contributed by atoms with E-state index < -0.39 is 0 Å². The lowest BCUT2D eigenvalue weighted by Gasteiger charge is -2.11. The molecule has 0 amide bonds. The van der Waals surface area contributed by atoms with Gasteiger partial charge in [0.05, 0.1) is 27.3 Å². The zero-order chi connectivity index (χ0) is 36.6. The number of benzene rings is 5. The standard InChI is InChI=1S/C48H30N6S/c1-2-8-35(9-3-1)44-46-45(40-12-4-5-13-43(40)55-46)54-48(53-44)37-24-22-36(23-25-37)47-51-41(33-18-14-31(15-19-33)38-10-6-26-49-29-38)28-42(52-47)34-20-16-32(17-21-34)39-11-7-27-50-30-39/h1-30H. The molecule has 0 fully saturated rings. The van der Waals surface area contributed by atoms with E-state index in [9.17, 15) is 0 Å². The number of hydrogen-bond donors (Lipinski definition) is 0. The second-order valence-electron chi connectivity index (χ2n) is 13.2. The lowest BCUT2D eigenvalue weighted by molar-refractivity contribution is 1.18. The molecular formula is C48H30N6S. The number of pyridine rings is 2. The lowest BCUT2D eigenvalue weighted by Crippen LogP contribution is -1.97. The van der Waals surface area contributed by atoms with Gasteiger partial charge in [-0.25, -0.2) is 19.9 Å². The monoisotopic (exact) mass is 722 g/mol. The van der Waals surface area contributed by atoms with E-state index in [2.05, 4.69) is 149 Å². The number of nitrogens with zero attached hydrogens (tertiary/aromatic N) is 6. The molecule has 0 spiro atoms. The van der Waals surface area contributed by atoms with Crippen LogP contribution in [0.25, 0.3) is 99.1 Å². The van der Waals surface area contributed by atoms with Gasteiger partial charge in [0.1, 0.15) is 0 Å². The van der Waals surface area contributed by atoms with Crippen LogP contribution in [0.5, 0.6) is 0 Å². The minimum absolute atomic E-state index is 0.636. The van der Waals surface area contributed by atoms with Gasteiger partial charge in [0.2, 0.25) is 0 Å². The number of hydrogen-bond acceptors (Lipinski definition) is 7. The van der Waals surface area contributed by atoms with Crippen LogP contribution >= 0.6 is 11.3 Å². The van der Waals surface area contributed by atoms with Gasteiger partial charge in [-0.15, -0.1) is 11.3 Å². The molecule has 55 heavy (non-hydrogen) atoms. The summed E-state index contributed by atoms with van der Waals surface area (Å²) < 4.78 is 2.29. The molecule has 0 radical (unpaired) electrons. The first-order valence-electron chi connectivity index (χ1n) is 18.0. The van der Waals surface area contributed by atoms with Gasteiger partial charge in [-0.05, 0) is 46.5 Å². The molecule has 0 aliphatic carbocycles. The number of aromatic nitrogens is 6. The van der Waals surface area contributed by atoms with Crippen molar-refractivity contribution < 1.29 is 0 Å². The summed E-state index contributed by atoms with van der Waals surface area (Å²) in [6, 6.07) is 54.1. The molecule has 7 heteroatoms. The van der Waals surface area contributed by atoms with E-state index >= 15 is 0 Å². The molecule has 0 saturated heterocycles.